The van der Waals surface area contributed by atoms with Gasteiger partial charge in [-0.2, -0.15) is 0 Å². The number of carbonyl (C=O) groups is 2. The van der Waals surface area contributed by atoms with Gasteiger partial charge in [-0.1, -0.05) is 6.92 Å². The summed E-state index contributed by atoms with van der Waals surface area (Å²) in [6.45, 7) is 9.34. The third kappa shape index (κ3) is 4.77. The molecule has 5 nitrogen and oxygen atoms in total. The maximum absolute atomic E-state index is 11.9. The van der Waals surface area contributed by atoms with E-state index in [0.717, 1.165) is 6.42 Å². The molecule has 116 valence electrons. The Bertz CT molecular complexity index is 526. The first kappa shape index (κ1) is 17.0. The van der Waals surface area contributed by atoms with E-state index >= 15 is 0 Å². The first-order chi connectivity index (χ1) is 9.66. The molecule has 0 saturated carbocycles. The fourth-order valence-corrected chi connectivity index (χ4v) is 1.94. The predicted octanol–water partition coefficient (Wildman–Crippen LogP) is 2.69. The smallest absolute Gasteiger partial charge is 0.335 e. The second-order valence-corrected chi connectivity index (χ2v) is 5.82. The number of rotatable bonds is 6. The van der Waals surface area contributed by atoms with Crippen molar-refractivity contribution in [1.29, 1.82) is 0 Å². The van der Waals surface area contributed by atoms with E-state index in [2.05, 4.69) is 5.32 Å². The molecular weight excluding hydrogens is 270 g/mol. The molecule has 0 aliphatic heterocycles. The minimum Gasteiger partial charge on any atom is -0.483 e. The second kappa shape index (κ2) is 6.61. The number of aryl methyl sites for hydroxylation is 2. The summed E-state index contributed by atoms with van der Waals surface area (Å²) in [5, 5.41) is 11.9. The van der Waals surface area contributed by atoms with Gasteiger partial charge in [0, 0.05) is 5.54 Å². The van der Waals surface area contributed by atoms with Crippen LogP contribution in [0.15, 0.2) is 12.1 Å². The zero-order valence-corrected chi connectivity index (χ0v) is 13.2. The molecule has 0 unspecified atom stereocenters. The summed E-state index contributed by atoms with van der Waals surface area (Å²) < 4.78 is 5.55. The molecular formula is C16H23NO4. The van der Waals surface area contributed by atoms with E-state index in [4.69, 9.17) is 9.84 Å². The Hall–Kier alpha value is -2.04. The highest BCUT2D eigenvalue weighted by molar-refractivity contribution is 5.88. The Morgan fingerprint density at radius 2 is 1.76 bits per heavy atom. The van der Waals surface area contributed by atoms with Gasteiger partial charge in [-0.15, -0.1) is 0 Å². The van der Waals surface area contributed by atoms with Crippen LogP contribution in [0.25, 0.3) is 0 Å². The van der Waals surface area contributed by atoms with Crippen molar-refractivity contribution in [3.05, 3.63) is 28.8 Å². The largest absolute Gasteiger partial charge is 0.483 e. The molecule has 0 fully saturated rings. The minimum atomic E-state index is -0.977. The van der Waals surface area contributed by atoms with Crippen molar-refractivity contribution in [3.63, 3.8) is 0 Å². The molecule has 0 radical (unpaired) electrons. The zero-order valence-electron chi connectivity index (χ0n) is 13.2. The molecule has 1 rings (SSSR count). The molecule has 0 atom stereocenters. The Labute approximate surface area is 125 Å². The number of hydrogen-bond acceptors (Lipinski definition) is 3. The van der Waals surface area contributed by atoms with Gasteiger partial charge in [0.25, 0.3) is 5.91 Å². The van der Waals surface area contributed by atoms with Gasteiger partial charge in [0.2, 0.25) is 0 Å². The van der Waals surface area contributed by atoms with E-state index in [1.54, 1.807) is 26.0 Å². The maximum Gasteiger partial charge on any atom is 0.335 e. The van der Waals surface area contributed by atoms with E-state index in [1.165, 1.54) is 0 Å². The normalized spacial score (nSPS) is 11.1. The number of ether oxygens (including phenoxy) is 1. The van der Waals surface area contributed by atoms with Gasteiger partial charge in [-0.3, -0.25) is 4.79 Å². The lowest BCUT2D eigenvalue weighted by molar-refractivity contribution is -0.124. The van der Waals surface area contributed by atoms with Gasteiger partial charge >= 0.3 is 5.97 Å². The summed E-state index contributed by atoms with van der Waals surface area (Å²) in [4.78, 5) is 22.8. The molecule has 0 saturated heterocycles. The fourth-order valence-electron chi connectivity index (χ4n) is 1.94. The van der Waals surface area contributed by atoms with Gasteiger partial charge in [0.15, 0.2) is 6.61 Å². The average molecular weight is 293 g/mol. The highest BCUT2D eigenvalue weighted by Crippen LogP contribution is 2.24. The molecule has 0 aromatic heterocycles. The number of hydrogen-bond donors (Lipinski definition) is 2. The molecule has 1 aromatic carbocycles. The van der Waals surface area contributed by atoms with Crippen LogP contribution in [0, 0.1) is 13.8 Å². The highest BCUT2D eigenvalue weighted by atomic mass is 16.5. The van der Waals surface area contributed by atoms with Crippen LogP contribution in [0.4, 0.5) is 0 Å². The third-order valence-corrected chi connectivity index (χ3v) is 3.42. The summed E-state index contributed by atoms with van der Waals surface area (Å²) >= 11 is 0. The Balaban J connectivity index is 2.76. The van der Waals surface area contributed by atoms with Crippen LogP contribution in [-0.4, -0.2) is 29.1 Å². The topological polar surface area (TPSA) is 75.6 Å². The number of aromatic carboxylic acids is 1. The van der Waals surface area contributed by atoms with Gasteiger partial charge < -0.3 is 15.2 Å². The maximum atomic E-state index is 11.9. The molecule has 2 N–H and O–H groups in total. The predicted molar refractivity (Wildman–Crippen MR) is 80.9 cm³/mol. The first-order valence-electron chi connectivity index (χ1n) is 6.94. The molecule has 0 spiro atoms. The van der Waals surface area contributed by atoms with Crippen molar-refractivity contribution in [3.8, 4) is 5.75 Å². The zero-order chi connectivity index (χ0) is 16.2. The molecule has 21 heavy (non-hydrogen) atoms. The summed E-state index contributed by atoms with van der Waals surface area (Å²) in [6, 6.07) is 3.08. The molecule has 0 aliphatic rings. The highest BCUT2D eigenvalue weighted by Gasteiger charge is 2.18. The molecule has 0 bridgehead atoms. The van der Waals surface area contributed by atoms with Gasteiger partial charge in [0.1, 0.15) is 5.75 Å². The summed E-state index contributed by atoms with van der Waals surface area (Å²) in [6.07, 6.45) is 0.824. The van der Waals surface area contributed by atoms with Gasteiger partial charge in [-0.05, 0) is 57.4 Å². The van der Waals surface area contributed by atoms with Crippen LogP contribution in [-0.2, 0) is 4.79 Å². The van der Waals surface area contributed by atoms with Crippen molar-refractivity contribution < 1.29 is 19.4 Å². The van der Waals surface area contributed by atoms with Crippen molar-refractivity contribution in [2.75, 3.05) is 6.61 Å². The molecule has 0 heterocycles. The minimum absolute atomic E-state index is 0.0858. The molecule has 1 amide bonds. The van der Waals surface area contributed by atoms with Crippen molar-refractivity contribution in [1.82, 2.24) is 5.32 Å². The molecule has 1 aromatic rings. The lowest BCUT2D eigenvalue weighted by Crippen LogP contribution is -2.44. The number of amides is 1. The fraction of sp³-hybridized carbons (Fsp3) is 0.500. The van der Waals surface area contributed by atoms with E-state index in [0.29, 0.717) is 16.9 Å². The van der Waals surface area contributed by atoms with Crippen LogP contribution in [0.1, 0.15) is 48.7 Å². The van der Waals surface area contributed by atoms with E-state index < -0.39 is 5.97 Å². The number of nitrogens with one attached hydrogen (secondary N) is 1. The quantitative estimate of drug-likeness (QED) is 0.845. The van der Waals surface area contributed by atoms with E-state index in [9.17, 15) is 9.59 Å². The second-order valence-electron chi connectivity index (χ2n) is 5.82. The summed E-state index contributed by atoms with van der Waals surface area (Å²) in [5.41, 5.74) is 1.36. The number of carboxylic acid groups (broad SMARTS) is 1. The van der Waals surface area contributed by atoms with E-state index in [1.807, 2.05) is 20.8 Å². The SMILES string of the molecule is CCC(C)(C)NC(=O)COc1c(C)cc(C(=O)O)cc1C. The van der Waals surface area contributed by atoms with Crippen LogP contribution < -0.4 is 10.1 Å². The van der Waals surface area contributed by atoms with Crippen molar-refractivity contribution >= 4 is 11.9 Å². The molecule has 5 heteroatoms. The Morgan fingerprint density at radius 3 is 2.19 bits per heavy atom. The number of carbonyl (C=O) groups excluding carboxylic acids is 1. The monoisotopic (exact) mass is 293 g/mol. The first-order valence-corrected chi connectivity index (χ1v) is 6.94. The van der Waals surface area contributed by atoms with Gasteiger partial charge in [-0.25, -0.2) is 4.79 Å². The van der Waals surface area contributed by atoms with Crippen molar-refractivity contribution in [2.45, 2.75) is 46.6 Å². The number of benzene rings is 1. The van der Waals surface area contributed by atoms with Crippen LogP contribution in [0.2, 0.25) is 0 Å². The Morgan fingerprint density at radius 1 is 1.24 bits per heavy atom. The lowest BCUT2D eigenvalue weighted by atomic mass is 10.0. The average Bonchev–Trinajstić information content (AvgIpc) is 2.36. The van der Waals surface area contributed by atoms with Crippen LogP contribution in [0.3, 0.4) is 0 Å². The van der Waals surface area contributed by atoms with Crippen LogP contribution in [0.5, 0.6) is 5.75 Å². The lowest BCUT2D eigenvalue weighted by Gasteiger charge is -2.24. The molecule has 0 aliphatic carbocycles. The Kier molecular flexibility index (Phi) is 5.35. The summed E-state index contributed by atoms with van der Waals surface area (Å²) in [5.74, 6) is -0.609. The van der Waals surface area contributed by atoms with E-state index in [-0.39, 0.29) is 23.6 Å². The standard InChI is InChI=1S/C16H23NO4/c1-6-16(4,5)17-13(18)9-21-14-10(2)7-12(15(19)20)8-11(14)3/h7-8H,6,9H2,1-5H3,(H,17,18)(H,19,20). The third-order valence-electron chi connectivity index (χ3n) is 3.42. The van der Waals surface area contributed by atoms with Crippen LogP contribution >= 0.6 is 0 Å². The van der Waals surface area contributed by atoms with Gasteiger partial charge in [0.05, 0.1) is 5.56 Å². The summed E-state index contributed by atoms with van der Waals surface area (Å²) in [7, 11) is 0. The van der Waals surface area contributed by atoms with Crippen molar-refractivity contribution in [2.24, 2.45) is 0 Å². The number of carboxylic acids is 1.